The molecule has 2 aliphatic rings. The number of carbonyl (C=O) groups excluding carboxylic acids is 2. The highest BCUT2D eigenvalue weighted by molar-refractivity contribution is 6.15. The Morgan fingerprint density at radius 2 is 2.29 bits per heavy atom. The second-order valence-electron chi connectivity index (χ2n) is 3.63. The average Bonchev–Trinajstić information content (AvgIpc) is 2.45. The fourth-order valence-corrected chi connectivity index (χ4v) is 1.96. The number of carbonyl (C=O) groups is 2. The van der Waals surface area contributed by atoms with Crippen LogP contribution in [0.5, 0.6) is 0 Å². The molecule has 1 unspecified atom stereocenters. The van der Waals surface area contributed by atoms with Crippen LogP contribution in [0.4, 0.5) is 0 Å². The molecule has 0 radical (unpaired) electrons. The third-order valence-corrected chi connectivity index (χ3v) is 2.66. The van der Waals surface area contributed by atoms with Gasteiger partial charge in [-0.1, -0.05) is 25.2 Å². The van der Waals surface area contributed by atoms with E-state index in [0.717, 1.165) is 6.42 Å². The Bertz CT molecular complexity index is 341. The van der Waals surface area contributed by atoms with Crippen molar-refractivity contribution in [2.45, 2.75) is 19.8 Å². The lowest BCUT2D eigenvalue weighted by Gasteiger charge is -2.11. The van der Waals surface area contributed by atoms with Gasteiger partial charge in [0.1, 0.15) is 0 Å². The van der Waals surface area contributed by atoms with Crippen molar-refractivity contribution in [3.05, 3.63) is 23.8 Å². The summed E-state index contributed by atoms with van der Waals surface area (Å²) in [7, 11) is 0. The Labute approximate surface area is 83.1 Å². The van der Waals surface area contributed by atoms with E-state index >= 15 is 0 Å². The summed E-state index contributed by atoms with van der Waals surface area (Å²) in [6.45, 7) is 2.51. The van der Waals surface area contributed by atoms with Crippen LogP contribution in [-0.4, -0.2) is 23.3 Å². The minimum atomic E-state index is -0.195. The molecule has 1 fully saturated rings. The molecule has 2 amide bonds. The van der Waals surface area contributed by atoms with Crippen LogP contribution in [-0.2, 0) is 9.59 Å². The second kappa shape index (κ2) is 3.40. The fraction of sp³-hybridized carbons (Fsp3) is 0.455. The van der Waals surface area contributed by atoms with E-state index in [0.29, 0.717) is 18.5 Å². The predicted molar refractivity (Wildman–Crippen MR) is 52.3 cm³/mol. The van der Waals surface area contributed by atoms with E-state index in [1.54, 1.807) is 6.08 Å². The van der Waals surface area contributed by atoms with Gasteiger partial charge in [0.05, 0.1) is 5.92 Å². The van der Waals surface area contributed by atoms with Gasteiger partial charge in [0.15, 0.2) is 0 Å². The quantitative estimate of drug-likeness (QED) is 0.616. The number of fused-ring (bicyclic) bond motifs is 1. The summed E-state index contributed by atoms with van der Waals surface area (Å²) in [5.41, 5.74) is 0.672. The molecular formula is C11H13NO2. The van der Waals surface area contributed by atoms with Gasteiger partial charge in [-0.3, -0.25) is 14.5 Å². The van der Waals surface area contributed by atoms with Crippen molar-refractivity contribution in [1.29, 1.82) is 0 Å². The zero-order valence-corrected chi connectivity index (χ0v) is 8.19. The van der Waals surface area contributed by atoms with Crippen LogP contribution in [0.2, 0.25) is 0 Å². The summed E-state index contributed by atoms with van der Waals surface area (Å²) >= 11 is 0. The lowest BCUT2D eigenvalue weighted by Crippen LogP contribution is -2.31. The third-order valence-electron chi connectivity index (χ3n) is 2.66. The number of likely N-dealkylation sites (tertiary alicyclic amines) is 1. The summed E-state index contributed by atoms with van der Waals surface area (Å²) in [6.07, 6.45) is 7.06. The van der Waals surface area contributed by atoms with Crippen molar-refractivity contribution in [1.82, 2.24) is 4.90 Å². The first-order chi connectivity index (χ1) is 6.75. The molecule has 14 heavy (non-hydrogen) atoms. The standard InChI is InChI=1S/C11H13NO2/c1-2-7-12-10(13)8-5-3-4-6-9(8)11(12)14/h3-5,9H,2,6-7H2,1H3. The van der Waals surface area contributed by atoms with E-state index < -0.39 is 0 Å². The van der Waals surface area contributed by atoms with Crippen LogP contribution in [0.1, 0.15) is 19.8 Å². The topological polar surface area (TPSA) is 37.4 Å². The highest BCUT2D eigenvalue weighted by Gasteiger charge is 2.42. The zero-order valence-electron chi connectivity index (χ0n) is 8.19. The average molecular weight is 191 g/mol. The van der Waals surface area contributed by atoms with Crippen molar-refractivity contribution >= 4 is 11.8 Å². The number of imide groups is 1. The van der Waals surface area contributed by atoms with E-state index in [1.807, 2.05) is 19.1 Å². The van der Waals surface area contributed by atoms with Gasteiger partial charge in [0.25, 0.3) is 5.91 Å². The maximum absolute atomic E-state index is 11.8. The van der Waals surface area contributed by atoms with E-state index in [9.17, 15) is 9.59 Å². The molecular weight excluding hydrogens is 178 g/mol. The minimum absolute atomic E-state index is 0.0209. The van der Waals surface area contributed by atoms with Gasteiger partial charge in [-0.2, -0.15) is 0 Å². The minimum Gasteiger partial charge on any atom is -0.278 e. The van der Waals surface area contributed by atoms with Crippen molar-refractivity contribution in [3.63, 3.8) is 0 Å². The lowest BCUT2D eigenvalue weighted by atomic mass is 9.94. The first-order valence-electron chi connectivity index (χ1n) is 4.98. The van der Waals surface area contributed by atoms with Crippen molar-refractivity contribution in [3.8, 4) is 0 Å². The predicted octanol–water partition coefficient (Wildman–Crippen LogP) is 1.27. The molecule has 0 aromatic rings. The fourth-order valence-electron chi connectivity index (χ4n) is 1.96. The molecule has 0 bridgehead atoms. The second-order valence-corrected chi connectivity index (χ2v) is 3.63. The van der Waals surface area contributed by atoms with E-state index in [4.69, 9.17) is 0 Å². The van der Waals surface area contributed by atoms with Crippen LogP contribution in [0.15, 0.2) is 23.8 Å². The summed E-state index contributed by atoms with van der Waals surface area (Å²) in [6, 6.07) is 0. The molecule has 1 aliphatic carbocycles. The van der Waals surface area contributed by atoms with E-state index in [-0.39, 0.29) is 17.7 Å². The summed E-state index contributed by atoms with van der Waals surface area (Å²) in [5, 5.41) is 0. The maximum Gasteiger partial charge on any atom is 0.257 e. The molecule has 3 nitrogen and oxygen atoms in total. The van der Waals surface area contributed by atoms with Gasteiger partial charge in [0, 0.05) is 12.1 Å². The van der Waals surface area contributed by atoms with Gasteiger partial charge < -0.3 is 0 Å². The number of amides is 2. The van der Waals surface area contributed by atoms with Gasteiger partial charge >= 0.3 is 0 Å². The maximum atomic E-state index is 11.8. The SMILES string of the molecule is CCCN1C(=O)C2=CC=CCC2C1=O. The zero-order chi connectivity index (χ0) is 10.1. The molecule has 1 heterocycles. The molecule has 1 aliphatic heterocycles. The Morgan fingerprint density at radius 1 is 1.50 bits per heavy atom. The summed E-state index contributed by atoms with van der Waals surface area (Å²) in [4.78, 5) is 24.9. The number of hydrogen-bond donors (Lipinski definition) is 0. The third kappa shape index (κ3) is 1.20. The smallest absolute Gasteiger partial charge is 0.257 e. The largest absolute Gasteiger partial charge is 0.278 e. The molecule has 3 heteroatoms. The summed E-state index contributed by atoms with van der Waals surface area (Å²) in [5.74, 6) is -0.308. The van der Waals surface area contributed by atoms with Crippen LogP contribution in [0.3, 0.4) is 0 Å². The van der Waals surface area contributed by atoms with Crippen molar-refractivity contribution < 1.29 is 9.59 Å². The molecule has 1 saturated heterocycles. The number of allylic oxidation sites excluding steroid dienone is 3. The van der Waals surface area contributed by atoms with Crippen molar-refractivity contribution in [2.75, 3.05) is 6.54 Å². The number of rotatable bonds is 2. The van der Waals surface area contributed by atoms with Gasteiger partial charge in [-0.15, -0.1) is 0 Å². The monoisotopic (exact) mass is 191 g/mol. The molecule has 0 saturated carbocycles. The molecule has 0 aromatic heterocycles. The van der Waals surface area contributed by atoms with Crippen LogP contribution < -0.4 is 0 Å². The molecule has 1 atom stereocenters. The van der Waals surface area contributed by atoms with Crippen LogP contribution >= 0.6 is 0 Å². The normalized spacial score (nSPS) is 25.4. The van der Waals surface area contributed by atoms with Gasteiger partial charge in [-0.25, -0.2) is 0 Å². The van der Waals surface area contributed by atoms with Gasteiger partial charge in [-0.05, 0) is 12.8 Å². The Hall–Kier alpha value is -1.38. The first-order valence-corrected chi connectivity index (χ1v) is 4.98. The molecule has 0 aromatic carbocycles. The van der Waals surface area contributed by atoms with Crippen molar-refractivity contribution in [2.24, 2.45) is 5.92 Å². The Balaban J connectivity index is 2.28. The molecule has 0 spiro atoms. The number of hydrogen-bond acceptors (Lipinski definition) is 2. The van der Waals surface area contributed by atoms with E-state index in [1.165, 1.54) is 4.90 Å². The van der Waals surface area contributed by atoms with E-state index in [2.05, 4.69) is 0 Å². The molecule has 74 valence electrons. The molecule has 2 rings (SSSR count). The molecule has 0 N–H and O–H groups in total. The lowest BCUT2D eigenvalue weighted by molar-refractivity contribution is -0.138. The van der Waals surface area contributed by atoms with Crippen LogP contribution in [0.25, 0.3) is 0 Å². The Morgan fingerprint density at radius 3 is 2.93 bits per heavy atom. The highest BCUT2D eigenvalue weighted by atomic mass is 16.2. The van der Waals surface area contributed by atoms with Crippen LogP contribution in [0, 0.1) is 5.92 Å². The highest BCUT2D eigenvalue weighted by Crippen LogP contribution is 2.31. The Kier molecular flexibility index (Phi) is 2.23. The number of nitrogens with zero attached hydrogens (tertiary/aromatic N) is 1. The summed E-state index contributed by atoms with van der Waals surface area (Å²) < 4.78 is 0. The van der Waals surface area contributed by atoms with Gasteiger partial charge in [0.2, 0.25) is 5.91 Å². The first kappa shape index (κ1) is 9.19.